The maximum absolute atomic E-state index is 12.8. The quantitative estimate of drug-likeness (QED) is 0.484. The zero-order chi connectivity index (χ0) is 23.7. The van der Waals surface area contributed by atoms with E-state index in [1.165, 1.54) is 11.6 Å². The van der Waals surface area contributed by atoms with Crippen molar-refractivity contribution in [2.75, 3.05) is 32.7 Å². The third-order valence-electron chi connectivity index (χ3n) is 6.75. The summed E-state index contributed by atoms with van der Waals surface area (Å²) in [5.74, 6) is 0. The first-order valence-electron chi connectivity index (χ1n) is 11.8. The summed E-state index contributed by atoms with van der Waals surface area (Å²) in [6, 6.07) is 21.9. The lowest BCUT2D eigenvalue weighted by Gasteiger charge is -2.35. The number of fused-ring (bicyclic) bond motifs is 3. The number of benzene rings is 2. The van der Waals surface area contributed by atoms with Crippen LogP contribution in [0.5, 0.6) is 0 Å². The molecule has 3 heterocycles. The molecule has 2 aromatic heterocycles. The zero-order valence-corrected chi connectivity index (χ0v) is 19.4. The molecule has 1 saturated heterocycles. The van der Waals surface area contributed by atoms with Crippen LogP contribution in [0, 0.1) is 18.3 Å². The lowest BCUT2D eigenvalue weighted by molar-refractivity contribution is 0.0633. The number of hydrogen-bond acceptors (Lipinski definition) is 5. The van der Waals surface area contributed by atoms with Gasteiger partial charge in [-0.25, -0.2) is 0 Å². The Bertz CT molecular complexity index is 1410. The first-order valence-corrected chi connectivity index (χ1v) is 11.8. The Morgan fingerprint density at radius 3 is 2.29 bits per heavy atom. The van der Waals surface area contributed by atoms with Crippen LogP contribution >= 0.6 is 0 Å². The van der Waals surface area contributed by atoms with E-state index in [9.17, 15) is 15.2 Å². The van der Waals surface area contributed by atoms with Gasteiger partial charge in [-0.05, 0) is 30.2 Å². The maximum atomic E-state index is 12.8. The Kier molecular flexibility index (Phi) is 6.20. The standard InChI is InChI=1S/C27H29N5O2/c1-20-15-26(34)32-25-10-6-5-9-24(25)31(27(32)23(20)16-28)19-22(33)18-30-13-11-29(12-14-30)17-21-7-3-2-4-8-21/h2-10,15,22,33H,11-14,17-19H2,1H3. The van der Waals surface area contributed by atoms with E-state index in [0.717, 1.165) is 43.8 Å². The first-order chi connectivity index (χ1) is 16.5. The molecule has 174 valence electrons. The van der Waals surface area contributed by atoms with Crippen molar-refractivity contribution in [2.45, 2.75) is 26.1 Å². The number of nitriles is 1. The van der Waals surface area contributed by atoms with Crippen LogP contribution in [0.15, 0.2) is 65.5 Å². The molecule has 1 N–H and O–H groups in total. The predicted molar refractivity (Wildman–Crippen MR) is 133 cm³/mol. The van der Waals surface area contributed by atoms with E-state index in [2.05, 4.69) is 40.1 Å². The summed E-state index contributed by atoms with van der Waals surface area (Å²) in [6.45, 7) is 7.33. The number of aliphatic hydroxyl groups excluding tert-OH is 1. The molecule has 1 fully saturated rings. The first kappa shape index (κ1) is 22.4. The molecule has 0 spiro atoms. The number of rotatable bonds is 6. The van der Waals surface area contributed by atoms with Gasteiger partial charge in [0.05, 0.1) is 29.2 Å². The summed E-state index contributed by atoms with van der Waals surface area (Å²) in [6.07, 6.45) is -0.623. The van der Waals surface area contributed by atoms with E-state index in [-0.39, 0.29) is 5.56 Å². The van der Waals surface area contributed by atoms with Crippen LogP contribution in [0.3, 0.4) is 0 Å². The number of pyridine rings is 1. The summed E-state index contributed by atoms with van der Waals surface area (Å²) >= 11 is 0. The molecule has 0 bridgehead atoms. The Morgan fingerprint density at radius 1 is 0.941 bits per heavy atom. The molecule has 5 rings (SSSR count). The van der Waals surface area contributed by atoms with E-state index >= 15 is 0 Å². The van der Waals surface area contributed by atoms with Gasteiger partial charge in [0.2, 0.25) is 0 Å². The fourth-order valence-electron chi connectivity index (χ4n) is 5.06. The molecular formula is C27H29N5O2. The van der Waals surface area contributed by atoms with Crippen LogP contribution < -0.4 is 5.56 Å². The summed E-state index contributed by atoms with van der Waals surface area (Å²) in [4.78, 5) is 17.6. The minimum absolute atomic E-state index is 0.162. The fraction of sp³-hybridized carbons (Fsp3) is 0.333. The van der Waals surface area contributed by atoms with Crippen molar-refractivity contribution in [3.8, 4) is 6.07 Å². The normalized spacial score (nSPS) is 16.1. The fourth-order valence-corrected chi connectivity index (χ4v) is 5.06. The highest BCUT2D eigenvalue weighted by Crippen LogP contribution is 2.24. The second-order valence-electron chi connectivity index (χ2n) is 9.13. The Hall–Kier alpha value is -3.44. The maximum Gasteiger partial charge on any atom is 0.257 e. The topological polar surface area (TPSA) is 76.9 Å². The number of aliphatic hydroxyl groups is 1. The Balaban J connectivity index is 1.34. The molecule has 34 heavy (non-hydrogen) atoms. The number of nitrogens with zero attached hydrogens (tertiary/aromatic N) is 5. The van der Waals surface area contributed by atoms with E-state index in [1.807, 2.05) is 34.9 Å². The van der Waals surface area contributed by atoms with Gasteiger partial charge in [0.1, 0.15) is 11.7 Å². The number of β-amino-alcohol motifs (C(OH)–C–C–N with tert-alkyl or cyclic N) is 1. The van der Waals surface area contributed by atoms with Gasteiger partial charge >= 0.3 is 0 Å². The van der Waals surface area contributed by atoms with E-state index in [1.54, 1.807) is 11.3 Å². The molecule has 1 aliphatic heterocycles. The van der Waals surface area contributed by atoms with Crippen LogP contribution in [0.4, 0.5) is 0 Å². The summed E-state index contributed by atoms with van der Waals surface area (Å²) < 4.78 is 3.52. The van der Waals surface area contributed by atoms with E-state index in [4.69, 9.17) is 0 Å². The molecule has 1 unspecified atom stereocenters. The monoisotopic (exact) mass is 455 g/mol. The number of piperazine rings is 1. The molecule has 1 aliphatic rings. The van der Waals surface area contributed by atoms with Crippen LogP contribution in [0.1, 0.15) is 16.7 Å². The van der Waals surface area contributed by atoms with Crippen LogP contribution in [0.2, 0.25) is 0 Å². The summed E-state index contributed by atoms with van der Waals surface area (Å²) in [5.41, 5.74) is 4.43. The van der Waals surface area contributed by atoms with Gasteiger partial charge in [-0.1, -0.05) is 42.5 Å². The van der Waals surface area contributed by atoms with Crippen molar-refractivity contribution >= 4 is 16.7 Å². The van der Waals surface area contributed by atoms with Crippen LogP contribution in [-0.4, -0.2) is 62.7 Å². The van der Waals surface area contributed by atoms with Crippen molar-refractivity contribution in [3.05, 3.63) is 87.7 Å². The second-order valence-corrected chi connectivity index (χ2v) is 9.13. The third kappa shape index (κ3) is 4.24. The van der Waals surface area contributed by atoms with Crippen LogP contribution in [0.25, 0.3) is 16.7 Å². The molecule has 0 saturated carbocycles. The summed E-state index contributed by atoms with van der Waals surface area (Å²) in [7, 11) is 0. The summed E-state index contributed by atoms with van der Waals surface area (Å²) in [5, 5.41) is 20.9. The molecule has 0 aliphatic carbocycles. The SMILES string of the molecule is Cc1cc(=O)n2c3ccccc3n(CC(O)CN3CCN(Cc4ccccc4)CC3)c2c1C#N. The number of aryl methyl sites for hydroxylation is 1. The Morgan fingerprint density at radius 2 is 1.59 bits per heavy atom. The molecule has 1 atom stereocenters. The molecule has 7 heteroatoms. The highest BCUT2D eigenvalue weighted by Gasteiger charge is 2.22. The lowest BCUT2D eigenvalue weighted by atomic mass is 10.1. The van der Waals surface area contributed by atoms with Gasteiger partial charge in [0, 0.05) is 45.3 Å². The van der Waals surface area contributed by atoms with Gasteiger partial charge in [-0.2, -0.15) is 5.26 Å². The third-order valence-corrected chi connectivity index (χ3v) is 6.75. The largest absolute Gasteiger partial charge is 0.390 e. The van der Waals surface area contributed by atoms with E-state index in [0.29, 0.717) is 29.9 Å². The lowest BCUT2D eigenvalue weighted by Crippen LogP contribution is -2.48. The minimum Gasteiger partial charge on any atom is -0.390 e. The highest BCUT2D eigenvalue weighted by atomic mass is 16.3. The zero-order valence-electron chi connectivity index (χ0n) is 19.4. The number of hydrogen-bond donors (Lipinski definition) is 1. The van der Waals surface area contributed by atoms with Crippen molar-refractivity contribution in [1.82, 2.24) is 18.8 Å². The number of aromatic nitrogens is 2. The smallest absolute Gasteiger partial charge is 0.257 e. The van der Waals surface area contributed by atoms with Gasteiger partial charge in [0.25, 0.3) is 5.56 Å². The molecule has 4 aromatic rings. The molecule has 0 amide bonds. The van der Waals surface area contributed by atoms with Gasteiger partial charge in [0.15, 0.2) is 0 Å². The van der Waals surface area contributed by atoms with Gasteiger partial charge in [-0.15, -0.1) is 0 Å². The number of imidazole rings is 1. The second kappa shape index (κ2) is 9.43. The van der Waals surface area contributed by atoms with Crippen molar-refractivity contribution in [1.29, 1.82) is 5.26 Å². The van der Waals surface area contributed by atoms with Crippen LogP contribution in [-0.2, 0) is 13.1 Å². The molecular weight excluding hydrogens is 426 g/mol. The molecule has 2 aromatic carbocycles. The average Bonchev–Trinajstić information content (AvgIpc) is 3.16. The van der Waals surface area contributed by atoms with Crippen molar-refractivity contribution < 1.29 is 5.11 Å². The highest BCUT2D eigenvalue weighted by molar-refractivity contribution is 5.84. The molecule has 0 radical (unpaired) electrons. The average molecular weight is 456 g/mol. The minimum atomic E-state index is -0.623. The molecule has 7 nitrogen and oxygen atoms in total. The van der Waals surface area contributed by atoms with Crippen molar-refractivity contribution in [2.24, 2.45) is 0 Å². The van der Waals surface area contributed by atoms with Crippen molar-refractivity contribution in [3.63, 3.8) is 0 Å². The van der Waals surface area contributed by atoms with Gasteiger partial charge in [-0.3, -0.25) is 19.0 Å². The Labute approximate surface area is 198 Å². The van der Waals surface area contributed by atoms with Gasteiger partial charge < -0.3 is 9.67 Å². The predicted octanol–water partition coefficient (Wildman–Crippen LogP) is 2.61. The van der Waals surface area contributed by atoms with E-state index < -0.39 is 6.10 Å². The number of para-hydroxylation sites is 2.